The molecule has 0 aliphatic carbocycles. The highest BCUT2D eigenvalue weighted by atomic mass is 79.9. The molecule has 1 heterocycles. The molecular formula is C14H14BrClFNS. The molecule has 1 aromatic carbocycles. The van der Waals surface area contributed by atoms with Crippen LogP contribution in [0.4, 0.5) is 4.39 Å². The first kappa shape index (κ1) is 15.0. The highest BCUT2D eigenvalue weighted by molar-refractivity contribution is 9.11. The number of thiophene rings is 1. The predicted molar refractivity (Wildman–Crippen MR) is 83.6 cm³/mol. The van der Waals surface area contributed by atoms with Crippen molar-refractivity contribution in [3.8, 4) is 0 Å². The maximum Gasteiger partial charge on any atom is 0.128 e. The van der Waals surface area contributed by atoms with Crippen molar-refractivity contribution in [1.29, 1.82) is 0 Å². The summed E-state index contributed by atoms with van der Waals surface area (Å²) in [5.41, 5.74) is 0.593. The minimum Gasteiger partial charge on any atom is -0.306 e. The average Bonchev–Trinajstić information content (AvgIpc) is 2.80. The Morgan fingerprint density at radius 3 is 2.79 bits per heavy atom. The monoisotopic (exact) mass is 361 g/mol. The van der Waals surface area contributed by atoms with Gasteiger partial charge in [0.15, 0.2) is 0 Å². The van der Waals surface area contributed by atoms with E-state index in [0.717, 1.165) is 21.6 Å². The number of hydrogen-bond acceptors (Lipinski definition) is 2. The maximum atomic E-state index is 14.0. The summed E-state index contributed by atoms with van der Waals surface area (Å²) < 4.78 is 15.1. The van der Waals surface area contributed by atoms with Crippen LogP contribution < -0.4 is 5.32 Å². The van der Waals surface area contributed by atoms with Gasteiger partial charge in [-0.25, -0.2) is 4.39 Å². The molecule has 19 heavy (non-hydrogen) atoms. The third kappa shape index (κ3) is 3.78. The van der Waals surface area contributed by atoms with E-state index < -0.39 is 0 Å². The van der Waals surface area contributed by atoms with Gasteiger partial charge in [0.05, 0.1) is 9.83 Å². The summed E-state index contributed by atoms with van der Waals surface area (Å²) in [5, 5.41) is 3.93. The first-order valence-electron chi connectivity index (χ1n) is 6.05. The molecule has 0 spiro atoms. The van der Waals surface area contributed by atoms with Gasteiger partial charge in [-0.05, 0) is 59.2 Å². The van der Waals surface area contributed by atoms with E-state index in [1.165, 1.54) is 6.07 Å². The lowest BCUT2D eigenvalue weighted by atomic mass is 10.0. The number of nitrogens with one attached hydrogen (secondary N) is 1. The van der Waals surface area contributed by atoms with Crippen LogP contribution in [0.15, 0.2) is 34.1 Å². The molecule has 0 aliphatic rings. The zero-order valence-corrected chi connectivity index (χ0v) is 13.6. The molecule has 102 valence electrons. The van der Waals surface area contributed by atoms with Gasteiger partial charge in [0.25, 0.3) is 0 Å². The molecule has 0 aliphatic heterocycles. The van der Waals surface area contributed by atoms with Gasteiger partial charge in [0.2, 0.25) is 0 Å². The van der Waals surface area contributed by atoms with Crippen LogP contribution in [0.2, 0.25) is 5.02 Å². The van der Waals surface area contributed by atoms with Gasteiger partial charge in [0, 0.05) is 15.5 Å². The lowest BCUT2D eigenvalue weighted by Crippen LogP contribution is -2.23. The van der Waals surface area contributed by atoms with E-state index in [1.54, 1.807) is 23.5 Å². The summed E-state index contributed by atoms with van der Waals surface area (Å²) in [6, 6.07) is 8.50. The van der Waals surface area contributed by atoms with Crippen LogP contribution in [0.1, 0.15) is 29.8 Å². The average molecular weight is 363 g/mol. The van der Waals surface area contributed by atoms with Gasteiger partial charge < -0.3 is 5.32 Å². The zero-order chi connectivity index (χ0) is 13.8. The van der Waals surface area contributed by atoms with E-state index in [4.69, 9.17) is 11.6 Å². The van der Waals surface area contributed by atoms with Gasteiger partial charge in [-0.15, -0.1) is 11.3 Å². The summed E-state index contributed by atoms with van der Waals surface area (Å²) in [4.78, 5) is 1.07. The molecule has 0 amide bonds. The van der Waals surface area contributed by atoms with Crippen LogP contribution in [-0.4, -0.2) is 6.54 Å². The molecule has 0 saturated carbocycles. The van der Waals surface area contributed by atoms with E-state index in [0.29, 0.717) is 10.6 Å². The Hall–Kier alpha value is -0.420. The molecule has 0 saturated heterocycles. The summed E-state index contributed by atoms with van der Waals surface area (Å²) in [7, 11) is 0. The molecule has 0 fully saturated rings. The second-order valence-corrected chi connectivity index (χ2v) is 7.13. The quantitative estimate of drug-likeness (QED) is 0.751. The second kappa shape index (κ2) is 6.84. The molecule has 1 aromatic heterocycles. The summed E-state index contributed by atoms with van der Waals surface area (Å²) >= 11 is 11.0. The van der Waals surface area contributed by atoms with E-state index in [1.807, 2.05) is 12.1 Å². The molecular weight excluding hydrogens is 349 g/mol. The normalized spacial score (nSPS) is 12.6. The van der Waals surface area contributed by atoms with Crippen molar-refractivity contribution in [2.24, 2.45) is 0 Å². The van der Waals surface area contributed by atoms with Crippen molar-refractivity contribution < 1.29 is 4.39 Å². The van der Waals surface area contributed by atoms with E-state index in [9.17, 15) is 4.39 Å². The van der Waals surface area contributed by atoms with Crippen LogP contribution in [0, 0.1) is 5.82 Å². The Balaban J connectivity index is 2.39. The summed E-state index contributed by atoms with van der Waals surface area (Å²) in [6.45, 7) is 2.91. The smallest absolute Gasteiger partial charge is 0.128 e. The lowest BCUT2D eigenvalue weighted by molar-refractivity contribution is 0.551. The van der Waals surface area contributed by atoms with E-state index in [2.05, 4.69) is 28.2 Å². The lowest BCUT2D eigenvalue weighted by Gasteiger charge is -2.18. The largest absolute Gasteiger partial charge is 0.306 e. The zero-order valence-electron chi connectivity index (χ0n) is 10.4. The fourth-order valence-electron chi connectivity index (χ4n) is 1.87. The Morgan fingerprint density at radius 2 is 2.16 bits per heavy atom. The second-order valence-electron chi connectivity index (χ2n) is 4.19. The molecule has 1 unspecified atom stereocenters. The Morgan fingerprint density at radius 1 is 1.37 bits per heavy atom. The van der Waals surface area contributed by atoms with Crippen molar-refractivity contribution in [1.82, 2.24) is 5.32 Å². The van der Waals surface area contributed by atoms with Crippen molar-refractivity contribution in [3.63, 3.8) is 0 Å². The first-order valence-corrected chi connectivity index (χ1v) is 8.04. The minimum atomic E-state index is -0.234. The van der Waals surface area contributed by atoms with Crippen molar-refractivity contribution >= 4 is 38.9 Å². The standard InChI is InChI=1S/C14H14BrClFNS/c1-2-7-18-14(12-5-6-13(15)19-12)10-8-9(16)3-4-11(10)17/h3-6,8,14,18H,2,7H2,1H3. The van der Waals surface area contributed by atoms with Crippen molar-refractivity contribution in [3.05, 3.63) is 55.4 Å². The molecule has 1 nitrogen and oxygen atoms in total. The first-order chi connectivity index (χ1) is 9.11. The van der Waals surface area contributed by atoms with E-state index in [-0.39, 0.29) is 11.9 Å². The third-order valence-corrected chi connectivity index (χ3v) is 4.67. The number of halogens is 3. The molecule has 0 radical (unpaired) electrons. The van der Waals surface area contributed by atoms with Crippen molar-refractivity contribution in [2.75, 3.05) is 6.54 Å². The van der Waals surface area contributed by atoms with Gasteiger partial charge in [0.1, 0.15) is 5.82 Å². The van der Waals surface area contributed by atoms with E-state index >= 15 is 0 Å². The fraction of sp³-hybridized carbons (Fsp3) is 0.286. The Labute approximate surface area is 129 Å². The van der Waals surface area contributed by atoms with Crippen LogP contribution in [0.3, 0.4) is 0 Å². The van der Waals surface area contributed by atoms with Gasteiger partial charge >= 0.3 is 0 Å². The minimum absolute atomic E-state index is 0.157. The molecule has 1 N–H and O–H groups in total. The highest BCUT2D eigenvalue weighted by Gasteiger charge is 2.19. The Kier molecular flexibility index (Phi) is 5.39. The molecule has 0 bridgehead atoms. The molecule has 1 atom stereocenters. The SMILES string of the molecule is CCCNC(c1ccc(Br)s1)c1cc(Cl)ccc1F. The third-order valence-electron chi connectivity index (χ3n) is 2.75. The highest BCUT2D eigenvalue weighted by Crippen LogP contribution is 2.33. The number of rotatable bonds is 5. The number of hydrogen-bond donors (Lipinski definition) is 1. The van der Waals surface area contributed by atoms with Crippen LogP contribution in [0.5, 0.6) is 0 Å². The molecule has 5 heteroatoms. The maximum absolute atomic E-state index is 14.0. The molecule has 2 rings (SSSR count). The van der Waals surface area contributed by atoms with Gasteiger partial charge in [-0.2, -0.15) is 0 Å². The predicted octanol–water partition coefficient (Wildman–Crippen LogP) is 5.39. The Bertz CT molecular complexity index is 558. The van der Waals surface area contributed by atoms with Gasteiger partial charge in [-0.1, -0.05) is 18.5 Å². The topological polar surface area (TPSA) is 12.0 Å². The number of benzene rings is 1. The van der Waals surface area contributed by atoms with Crippen molar-refractivity contribution in [2.45, 2.75) is 19.4 Å². The summed E-state index contributed by atoms with van der Waals surface area (Å²) in [6.07, 6.45) is 0.991. The fourth-order valence-corrected chi connectivity index (χ4v) is 3.57. The van der Waals surface area contributed by atoms with Crippen LogP contribution in [0.25, 0.3) is 0 Å². The molecule has 2 aromatic rings. The van der Waals surface area contributed by atoms with Crippen LogP contribution >= 0.6 is 38.9 Å². The van der Waals surface area contributed by atoms with Crippen LogP contribution in [-0.2, 0) is 0 Å². The van der Waals surface area contributed by atoms with Gasteiger partial charge in [-0.3, -0.25) is 0 Å². The summed E-state index contributed by atoms with van der Waals surface area (Å²) in [5.74, 6) is -0.234.